The minimum Gasteiger partial charge on any atom is -0.393 e. The third-order valence-electron chi connectivity index (χ3n) is 2.02. The topological polar surface area (TPSA) is 158 Å². The number of nitrogens with one attached hydrogen (secondary N) is 2. The minimum atomic E-state index is 0.0758. The second-order valence-electron chi connectivity index (χ2n) is 3.82. The smallest absolute Gasteiger partial charge is 0.251 e. The predicted octanol–water partition coefficient (Wildman–Crippen LogP) is 0.246. The van der Waals surface area contributed by atoms with Gasteiger partial charge < -0.3 is 21.1 Å². The lowest BCUT2D eigenvalue weighted by molar-refractivity contribution is 0.157. The zero-order chi connectivity index (χ0) is 18.2. The molecule has 24 heavy (non-hydrogen) atoms. The Balaban J connectivity index is 0.000000561. The Bertz CT molecular complexity index is 551. The van der Waals surface area contributed by atoms with Crippen LogP contribution in [0.4, 0.5) is 0 Å². The number of rotatable bonds is 6. The first kappa shape index (κ1) is 21.3. The molecule has 0 amide bonds. The van der Waals surface area contributed by atoms with Crippen molar-refractivity contribution in [2.45, 2.75) is 13.8 Å². The summed E-state index contributed by atoms with van der Waals surface area (Å²) in [5, 5.41) is 11.3. The zero-order valence-electron chi connectivity index (χ0n) is 13.6. The van der Waals surface area contributed by atoms with Crippen LogP contribution in [0.15, 0.2) is 39.7 Å². The van der Waals surface area contributed by atoms with Crippen LogP contribution in [0.2, 0.25) is 5.02 Å². The van der Waals surface area contributed by atoms with Gasteiger partial charge in [0, 0.05) is 10.6 Å². The van der Waals surface area contributed by atoms with E-state index in [0.717, 1.165) is 5.56 Å². The first-order valence-electron chi connectivity index (χ1n) is 6.96. The zero-order valence-corrected chi connectivity index (χ0v) is 14.3. The van der Waals surface area contributed by atoms with E-state index in [9.17, 15) is 0 Å². The summed E-state index contributed by atoms with van der Waals surface area (Å²) >= 11 is 5.92. The van der Waals surface area contributed by atoms with Crippen LogP contribution in [0.25, 0.3) is 0 Å². The Morgan fingerprint density at radius 3 is 2.25 bits per heavy atom. The quantitative estimate of drug-likeness (QED) is 0.211. The fourth-order valence-corrected chi connectivity index (χ4v) is 1.25. The molecule has 1 rings (SSSR count). The van der Waals surface area contributed by atoms with Gasteiger partial charge >= 0.3 is 0 Å². The number of guanidine groups is 2. The summed E-state index contributed by atoms with van der Waals surface area (Å²) in [6, 6.07) is 7.33. The summed E-state index contributed by atoms with van der Waals surface area (Å²) < 4.78 is 0. The van der Waals surface area contributed by atoms with Crippen molar-refractivity contribution in [2.75, 3.05) is 13.2 Å². The summed E-state index contributed by atoms with van der Waals surface area (Å²) in [5.41, 5.74) is 15.9. The highest BCUT2D eigenvalue weighted by Gasteiger charge is 1.94. The van der Waals surface area contributed by atoms with Crippen molar-refractivity contribution in [2.24, 2.45) is 32.7 Å². The van der Waals surface area contributed by atoms with Crippen LogP contribution in [-0.2, 0) is 9.68 Å². The lowest BCUT2D eigenvalue weighted by Crippen LogP contribution is -2.37. The number of oxime groups is 2. The Hall–Kier alpha value is -2.72. The number of nitrogens with zero attached hydrogens (tertiary/aromatic N) is 3. The van der Waals surface area contributed by atoms with E-state index >= 15 is 0 Å². The SMILES string of the molecule is CCON=C(N)NN.CCON=C(N)NN=Cc1ccccc1Cl. The molecule has 134 valence electrons. The fraction of sp³-hybridized carbons (Fsp3) is 0.308. The van der Waals surface area contributed by atoms with Crippen LogP contribution in [0, 0.1) is 0 Å². The maximum absolute atomic E-state index is 5.92. The lowest BCUT2D eigenvalue weighted by Gasteiger charge is -1.99. The first-order chi connectivity index (χ1) is 11.5. The molecule has 11 heteroatoms. The van der Waals surface area contributed by atoms with Crippen LogP contribution in [0.5, 0.6) is 0 Å². The highest BCUT2D eigenvalue weighted by molar-refractivity contribution is 6.33. The standard InChI is InChI=1S/C10H13ClN4O.C3H10N4O/c1-2-16-15-10(12)14-13-7-8-5-3-4-6-9(8)11;1-2-8-7-3(4)6-5/h3-7H,2H2,1H3,(H3,12,14,15);2,5H2,1H3,(H3,4,6,7). The van der Waals surface area contributed by atoms with E-state index in [0.29, 0.717) is 18.2 Å². The van der Waals surface area contributed by atoms with Crippen molar-refractivity contribution in [1.82, 2.24) is 10.9 Å². The van der Waals surface area contributed by atoms with Crippen molar-refractivity contribution >= 4 is 29.7 Å². The van der Waals surface area contributed by atoms with Crippen LogP contribution >= 0.6 is 11.6 Å². The molecule has 10 nitrogen and oxygen atoms in total. The van der Waals surface area contributed by atoms with Gasteiger partial charge in [-0.3, -0.25) is 5.43 Å². The molecular weight excluding hydrogens is 336 g/mol. The molecule has 0 bridgehead atoms. The largest absolute Gasteiger partial charge is 0.393 e. The van der Waals surface area contributed by atoms with E-state index in [1.807, 2.05) is 25.1 Å². The molecule has 0 saturated carbocycles. The molecule has 0 aliphatic carbocycles. The monoisotopic (exact) mass is 358 g/mol. The van der Waals surface area contributed by atoms with Gasteiger partial charge in [0.25, 0.3) is 5.96 Å². The molecule has 0 aliphatic rings. The molecule has 0 aromatic heterocycles. The van der Waals surface area contributed by atoms with Gasteiger partial charge in [0.15, 0.2) is 0 Å². The predicted molar refractivity (Wildman–Crippen MR) is 96.0 cm³/mol. The highest BCUT2D eigenvalue weighted by Crippen LogP contribution is 2.11. The number of benzene rings is 1. The van der Waals surface area contributed by atoms with Crippen LogP contribution in [0.3, 0.4) is 0 Å². The average Bonchev–Trinajstić information content (AvgIpc) is 2.60. The summed E-state index contributed by atoms with van der Waals surface area (Å²) in [5.74, 6) is 4.99. The van der Waals surface area contributed by atoms with Crippen LogP contribution in [0.1, 0.15) is 19.4 Å². The molecule has 0 radical (unpaired) electrons. The molecule has 0 spiro atoms. The fourth-order valence-electron chi connectivity index (χ4n) is 1.06. The van der Waals surface area contributed by atoms with Gasteiger partial charge in [-0.25, -0.2) is 11.3 Å². The molecule has 0 atom stereocenters. The number of hydrogen-bond acceptors (Lipinski definition) is 6. The highest BCUT2D eigenvalue weighted by atomic mass is 35.5. The van der Waals surface area contributed by atoms with Gasteiger partial charge in [0.05, 0.1) is 6.21 Å². The summed E-state index contributed by atoms with van der Waals surface area (Å²) in [6.45, 7) is 4.55. The third kappa shape index (κ3) is 10.9. The van der Waals surface area contributed by atoms with E-state index in [1.54, 1.807) is 19.2 Å². The number of hydrazone groups is 1. The van der Waals surface area contributed by atoms with Crippen molar-refractivity contribution in [1.29, 1.82) is 0 Å². The third-order valence-corrected chi connectivity index (χ3v) is 2.36. The minimum absolute atomic E-state index is 0.0758. The van der Waals surface area contributed by atoms with Crippen molar-refractivity contribution in [3.63, 3.8) is 0 Å². The van der Waals surface area contributed by atoms with Gasteiger partial charge in [0.1, 0.15) is 13.2 Å². The molecule has 0 aliphatic heterocycles. The molecule has 8 N–H and O–H groups in total. The van der Waals surface area contributed by atoms with E-state index in [-0.39, 0.29) is 11.9 Å². The maximum Gasteiger partial charge on any atom is 0.251 e. The van der Waals surface area contributed by atoms with E-state index in [2.05, 4.69) is 31.1 Å². The Morgan fingerprint density at radius 2 is 1.71 bits per heavy atom. The van der Waals surface area contributed by atoms with Gasteiger partial charge in [-0.1, -0.05) is 29.8 Å². The summed E-state index contributed by atoms with van der Waals surface area (Å²) in [4.78, 5) is 9.23. The second-order valence-corrected chi connectivity index (χ2v) is 4.23. The molecule has 0 heterocycles. The summed E-state index contributed by atoms with van der Waals surface area (Å²) in [7, 11) is 0. The van der Waals surface area contributed by atoms with Crippen molar-refractivity contribution in [3.05, 3.63) is 34.9 Å². The second kappa shape index (κ2) is 13.9. The molecule has 0 fully saturated rings. The van der Waals surface area contributed by atoms with Gasteiger partial charge in [-0.2, -0.15) is 5.10 Å². The number of hydrogen-bond donors (Lipinski definition) is 5. The number of nitrogens with two attached hydrogens (primary N) is 3. The van der Waals surface area contributed by atoms with Gasteiger partial charge in [-0.15, -0.1) is 0 Å². The Morgan fingerprint density at radius 1 is 1.12 bits per heavy atom. The number of hydrazine groups is 1. The average molecular weight is 359 g/mol. The van der Waals surface area contributed by atoms with Crippen LogP contribution < -0.4 is 28.2 Å². The number of halogens is 1. The van der Waals surface area contributed by atoms with Crippen molar-refractivity contribution in [3.8, 4) is 0 Å². The van der Waals surface area contributed by atoms with E-state index in [4.69, 9.17) is 33.7 Å². The van der Waals surface area contributed by atoms with Gasteiger partial charge in [-0.05, 0) is 30.2 Å². The van der Waals surface area contributed by atoms with E-state index in [1.165, 1.54) is 0 Å². The normalized spacial score (nSPS) is 11.5. The van der Waals surface area contributed by atoms with Gasteiger partial charge in [0.2, 0.25) is 5.96 Å². The molecule has 0 unspecified atom stereocenters. The summed E-state index contributed by atoms with van der Waals surface area (Å²) in [6.07, 6.45) is 1.55. The van der Waals surface area contributed by atoms with E-state index < -0.39 is 0 Å². The first-order valence-corrected chi connectivity index (χ1v) is 7.33. The maximum atomic E-state index is 5.92. The van der Waals surface area contributed by atoms with Crippen LogP contribution in [-0.4, -0.2) is 31.3 Å². The Kier molecular flexibility index (Phi) is 12.3. The molecule has 1 aromatic carbocycles. The van der Waals surface area contributed by atoms with Crippen molar-refractivity contribution < 1.29 is 9.68 Å². The molecular formula is C13H23ClN8O2. The molecule has 0 saturated heterocycles. The lowest BCUT2D eigenvalue weighted by atomic mass is 10.2. The molecule has 1 aromatic rings. The Labute approximate surface area is 145 Å².